The van der Waals surface area contributed by atoms with Gasteiger partial charge in [-0.05, 0) is 24.0 Å². The standard InChI is InChI=1S/C14H15ClF2N2/c1-14(2)7-10(14)19-11(5-6-15)18-9-4-3-8(16)12(17)13(9)19/h3-4,10H,5-7H2,1-2H3. The minimum Gasteiger partial charge on any atom is -0.322 e. The molecule has 1 aromatic carbocycles. The van der Waals surface area contributed by atoms with Gasteiger partial charge in [0.2, 0.25) is 0 Å². The van der Waals surface area contributed by atoms with Crippen LogP contribution in [-0.2, 0) is 6.42 Å². The van der Waals surface area contributed by atoms with E-state index < -0.39 is 11.6 Å². The molecule has 19 heavy (non-hydrogen) atoms. The summed E-state index contributed by atoms with van der Waals surface area (Å²) in [6.07, 6.45) is 1.51. The summed E-state index contributed by atoms with van der Waals surface area (Å²) in [5.41, 5.74) is 0.880. The Morgan fingerprint density at radius 2 is 2.11 bits per heavy atom. The van der Waals surface area contributed by atoms with Crippen molar-refractivity contribution in [1.82, 2.24) is 9.55 Å². The van der Waals surface area contributed by atoms with Gasteiger partial charge in [0.1, 0.15) is 11.3 Å². The van der Waals surface area contributed by atoms with E-state index in [9.17, 15) is 8.78 Å². The Balaban J connectivity index is 2.25. The molecule has 102 valence electrons. The van der Waals surface area contributed by atoms with Gasteiger partial charge in [-0.15, -0.1) is 11.6 Å². The van der Waals surface area contributed by atoms with Crippen molar-refractivity contribution < 1.29 is 8.78 Å². The third kappa shape index (κ3) is 1.93. The number of nitrogens with zero attached hydrogens (tertiary/aromatic N) is 2. The molecule has 0 amide bonds. The lowest BCUT2D eigenvalue weighted by Crippen LogP contribution is -2.07. The summed E-state index contributed by atoms with van der Waals surface area (Å²) >= 11 is 5.78. The third-order valence-electron chi connectivity index (χ3n) is 3.91. The maximum atomic E-state index is 14.1. The van der Waals surface area contributed by atoms with E-state index in [1.54, 1.807) is 0 Å². The van der Waals surface area contributed by atoms with Crippen molar-refractivity contribution in [3.63, 3.8) is 0 Å². The fraction of sp³-hybridized carbons (Fsp3) is 0.500. The van der Waals surface area contributed by atoms with Gasteiger partial charge in [-0.3, -0.25) is 0 Å². The first-order valence-electron chi connectivity index (χ1n) is 6.36. The molecule has 1 aliphatic carbocycles. The molecule has 2 nitrogen and oxygen atoms in total. The van der Waals surface area contributed by atoms with Gasteiger partial charge >= 0.3 is 0 Å². The van der Waals surface area contributed by atoms with E-state index in [0.717, 1.165) is 18.3 Å². The summed E-state index contributed by atoms with van der Waals surface area (Å²) in [4.78, 5) is 4.40. The van der Waals surface area contributed by atoms with Gasteiger partial charge in [-0.2, -0.15) is 0 Å². The van der Waals surface area contributed by atoms with Crippen LogP contribution in [0.2, 0.25) is 0 Å². The molecule has 1 fully saturated rings. The Morgan fingerprint density at radius 1 is 1.42 bits per heavy atom. The Morgan fingerprint density at radius 3 is 2.68 bits per heavy atom. The van der Waals surface area contributed by atoms with Crippen molar-refractivity contribution in [3.8, 4) is 0 Å². The molecule has 0 aliphatic heterocycles. The van der Waals surface area contributed by atoms with Crippen LogP contribution in [0.1, 0.15) is 32.1 Å². The molecule has 1 saturated carbocycles. The lowest BCUT2D eigenvalue weighted by Gasteiger charge is -2.11. The van der Waals surface area contributed by atoms with Crippen LogP contribution in [0.15, 0.2) is 12.1 Å². The Kier molecular flexibility index (Phi) is 2.82. The third-order valence-corrected chi connectivity index (χ3v) is 4.10. The summed E-state index contributed by atoms with van der Waals surface area (Å²) in [6, 6.07) is 2.82. The molecular weight excluding hydrogens is 270 g/mol. The second kappa shape index (κ2) is 4.17. The number of hydrogen-bond donors (Lipinski definition) is 0. The van der Waals surface area contributed by atoms with Crippen molar-refractivity contribution in [3.05, 3.63) is 29.6 Å². The van der Waals surface area contributed by atoms with Gasteiger partial charge in [-0.1, -0.05) is 13.8 Å². The topological polar surface area (TPSA) is 17.8 Å². The van der Waals surface area contributed by atoms with Crippen LogP contribution in [0, 0.1) is 17.0 Å². The molecule has 1 aliphatic rings. The van der Waals surface area contributed by atoms with E-state index in [0.29, 0.717) is 17.8 Å². The fourth-order valence-corrected chi connectivity index (χ4v) is 2.82. The molecule has 3 rings (SSSR count). The summed E-state index contributed by atoms with van der Waals surface area (Å²) in [6.45, 7) is 4.23. The Labute approximate surface area is 115 Å². The zero-order chi connectivity index (χ0) is 13.8. The zero-order valence-electron chi connectivity index (χ0n) is 10.9. The number of halogens is 3. The number of fused-ring (bicyclic) bond motifs is 1. The SMILES string of the molecule is CC1(C)CC1n1c(CCCl)nc2ccc(F)c(F)c21. The molecule has 0 spiro atoms. The first-order valence-corrected chi connectivity index (χ1v) is 6.90. The van der Waals surface area contributed by atoms with Gasteiger partial charge in [0.05, 0.1) is 5.52 Å². The predicted molar refractivity (Wildman–Crippen MR) is 71.5 cm³/mol. The fourth-order valence-electron chi connectivity index (χ4n) is 2.65. The first kappa shape index (κ1) is 12.9. The lowest BCUT2D eigenvalue weighted by atomic mass is 10.2. The second-order valence-corrected chi connectivity index (χ2v) is 6.15. The molecule has 0 saturated heterocycles. The minimum atomic E-state index is -0.829. The molecule has 5 heteroatoms. The minimum absolute atomic E-state index is 0.105. The van der Waals surface area contributed by atoms with Crippen LogP contribution < -0.4 is 0 Å². The van der Waals surface area contributed by atoms with E-state index in [1.807, 2.05) is 4.57 Å². The first-order chi connectivity index (χ1) is 8.95. The van der Waals surface area contributed by atoms with Gasteiger partial charge in [0.15, 0.2) is 11.6 Å². The molecular formula is C14H15ClF2N2. The van der Waals surface area contributed by atoms with Crippen molar-refractivity contribution in [2.45, 2.75) is 32.7 Å². The Bertz CT molecular complexity index is 648. The second-order valence-electron chi connectivity index (χ2n) is 5.77. The van der Waals surface area contributed by atoms with Crippen molar-refractivity contribution in [2.24, 2.45) is 5.41 Å². The van der Waals surface area contributed by atoms with Gasteiger partial charge in [-0.25, -0.2) is 13.8 Å². The number of alkyl halides is 1. The highest BCUT2D eigenvalue weighted by molar-refractivity contribution is 6.17. The maximum Gasteiger partial charge on any atom is 0.184 e. The number of imidazole rings is 1. The van der Waals surface area contributed by atoms with Crippen molar-refractivity contribution >= 4 is 22.6 Å². The van der Waals surface area contributed by atoms with Crippen LogP contribution in [0.25, 0.3) is 11.0 Å². The molecule has 0 radical (unpaired) electrons. The average Bonchev–Trinajstić information content (AvgIpc) is 2.82. The monoisotopic (exact) mass is 284 g/mol. The van der Waals surface area contributed by atoms with Crippen LogP contribution in [-0.4, -0.2) is 15.4 Å². The van der Waals surface area contributed by atoms with Crippen LogP contribution >= 0.6 is 11.6 Å². The van der Waals surface area contributed by atoms with Gasteiger partial charge in [0, 0.05) is 18.3 Å². The highest BCUT2D eigenvalue weighted by atomic mass is 35.5. The molecule has 1 atom stereocenters. The number of aromatic nitrogens is 2. The van der Waals surface area contributed by atoms with Crippen LogP contribution in [0.5, 0.6) is 0 Å². The van der Waals surface area contributed by atoms with Crippen molar-refractivity contribution in [2.75, 3.05) is 5.88 Å². The lowest BCUT2D eigenvalue weighted by molar-refractivity contribution is 0.499. The highest BCUT2D eigenvalue weighted by Crippen LogP contribution is 2.56. The number of rotatable bonds is 3. The van der Waals surface area contributed by atoms with E-state index >= 15 is 0 Å². The number of aryl methyl sites for hydroxylation is 1. The van der Waals surface area contributed by atoms with E-state index in [1.165, 1.54) is 6.07 Å². The van der Waals surface area contributed by atoms with E-state index in [-0.39, 0.29) is 17.0 Å². The van der Waals surface area contributed by atoms with E-state index in [4.69, 9.17) is 11.6 Å². The normalized spacial score (nSPS) is 21.0. The molecule has 0 N–H and O–H groups in total. The van der Waals surface area contributed by atoms with Gasteiger partial charge in [0.25, 0.3) is 0 Å². The smallest absolute Gasteiger partial charge is 0.184 e. The predicted octanol–water partition coefficient (Wildman–Crippen LogP) is 4.07. The molecule has 1 aromatic heterocycles. The molecule has 0 bridgehead atoms. The van der Waals surface area contributed by atoms with Crippen LogP contribution in [0.3, 0.4) is 0 Å². The summed E-state index contributed by atoms with van der Waals surface area (Å²) in [7, 11) is 0. The van der Waals surface area contributed by atoms with Crippen LogP contribution in [0.4, 0.5) is 8.78 Å². The summed E-state index contributed by atoms with van der Waals surface area (Å²) < 4.78 is 29.4. The largest absolute Gasteiger partial charge is 0.322 e. The van der Waals surface area contributed by atoms with E-state index in [2.05, 4.69) is 18.8 Å². The Hall–Kier alpha value is -1.16. The summed E-state index contributed by atoms with van der Waals surface area (Å²) in [5, 5.41) is 0. The highest BCUT2D eigenvalue weighted by Gasteiger charge is 2.48. The number of hydrogen-bond acceptors (Lipinski definition) is 1. The molecule has 2 aromatic rings. The average molecular weight is 285 g/mol. The maximum absolute atomic E-state index is 14.1. The zero-order valence-corrected chi connectivity index (χ0v) is 11.6. The van der Waals surface area contributed by atoms with Gasteiger partial charge < -0.3 is 4.57 Å². The molecule has 1 heterocycles. The number of benzene rings is 1. The summed E-state index contributed by atoms with van der Waals surface area (Å²) in [5.74, 6) is -0.483. The quantitative estimate of drug-likeness (QED) is 0.777. The molecule has 1 unspecified atom stereocenters. The van der Waals surface area contributed by atoms with Crippen molar-refractivity contribution in [1.29, 1.82) is 0 Å².